The molecule has 2 nitrogen and oxygen atoms in total. The van der Waals surface area contributed by atoms with Gasteiger partial charge < -0.3 is 4.90 Å². The van der Waals surface area contributed by atoms with E-state index in [-0.39, 0.29) is 17.0 Å². The molecule has 0 aromatic carbocycles. The summed E-state index contributed by atoms with van der Waals surface area (Å²) < 4.78 is 0. The molecule has 0 aromatic heterocycles. The van der Waals surface area contributed by atoms with Gasteiger partial charge in [-0.2, -0.15) is 0 Å². The first-order valence-electron chi connectivity index (χ1n) is 3.66. The molecule has 60 valence electrons. The van der Waals surface area contributed by atoms with Gasteiger partial charge in [-0.15, -0.1) is 17.0 Å². The highest BCUT2D eigenvalue weighted by atomic mass is 79.9. The van der Waals surface area contributed by atoms with E-state index >= 15 is 0 Å². The smallest absolute Gasteiger partial charge is 0.0987 e. The van der Waals surface area contributed by atoms with Crippen LogP contribution in [0.4, 0.5) is 0 Å². The van der Waals surface area contributed by atoms with Crippen LogP contribution in [0.2, 0.25) is 0 Å². The molecule has 1 heterocycles. The fraction of sp³-hybridized carbons (Fsp3) is 0.857. The molecule has 0 radical (unpaired) electrons. The van der Waals surface area contributed by atoms with Crippen LogP contribution < -0.4 is 0 Å². The van der Waals surface area contributed by atoms with Gasteiger partial charge in [0.25, 0.3) is 0 Å². The average molecular weight is 207 g/mol. The Kier molecular flexibility index (Phi) is 4.69. The van der Waals surface area contributed by atoms with E-state index in [4.69, 9.17) is 0 Å². The van der Waals surface area contributed by atoms with Crippen LogP contribution in [-0.4, -0.2) is 30.4 Å². The number of amidine groups is 1. The third-order valence-electron chi connectivity index (χ3n) is 1.73. The highest BCUT2D eigenvalue weighted by Crippen LogP contribution is 2.02. The normalized spacial score (nSPS) is 16.6. The average Bonchev–Trinajstić information content (AvgIpc) is 2.33. The first kappa shape index (κ1) is 9.95. The van der Waals surface area contributed by atoms with Crippen molar-refractivity contribution in [1.29, 1.82) is 0 Å². The summed E-state index contributed by atoms with van der Waals surface area (Å²) in [7, 11) is 0. The minimum absolute atomic E-state index is 0. The molecule has 3 heteroatoms. The summed E-state index contributed by atoms with van der Waals surface area (Å²) in [6.45, 7) is 7.60. The SMILES string of the molecule is Br.CCC1=NCCN1CC. The van der Waals surface area contributed by atoms with Crippen molar-refractivity contribution in [3.05, 3.63) is 0 Å². The molecule has 0 unspecified atom stereocenters. The lowest BCUT2D eigenvalue weighted by atomic mass is 10.4. The molecule has 0 atom stereocenters. The summed E-state index contributed by atoms with van der Waals surface area (Å²) >= 11 is 0. The van der Waals surface area contributed by atoms with Crippen LogP contribution in [0.3, 0.4) is 0 Å². The van der Waals surface area contributed by atoms with E-state index in [0.717, 1.165) is 26.1 Å². The second-order valence-electron chi connectivity index (χ2n) is 2.23. The molecule has 10 heavy (non-hydrogen) atoms. The zero-order chi connectivity index (χ0) is 6.69. The molecule has 0 saturated carbocycles. The Labute approximate surface area is 73.1 Å². The predicted molar refractivity (Wildman–Crippen MR) is 50.2 cm³/mol. The fourth-order valence-corrected chi connectivity index (χ4v) is 1.20. The quantitative estimate of drug-likeness (QED) is 0.673. The Morgan fingerprint density at radius 2 is 2.20 bits per heavy atom. The minimum atomic E-state index is 0. The van der Waals surface area contributed by atoms with Crippen LogP contribution in [0.1, 0.15) is 20.3 Å². The first-order chi connectivity index (χ1) is 4.38. The number of rotatable bonds is 2. The summed E-state index contributed by atoms with van der Waals surface area (Å²) in [5.74, 6) is 1.29. The molecule has 0 bridgehead atoms. The lowest BCUT2D eigenvalue weighted by molar-refractivity contribution is 0.476. The monoisotopic (exact) mass is 206 g/mol. The molecule has 0 fully saturated rings. The van der Waals surface area contributed by atoms with E-state index < -0.39 is 0 Å². The van der Waals surface area contributed by atoms with Gasteiger partial charge in [0, 0.05) is 19.5 Å². The highest BCUT2D eigenvalue weighted by molar-refractivity contribution is 8.93. The lowest BCUT2D eigenvalue weighted by Crippen LogP contribution is -2.26. The van der Waals surface area contributed by atoms with Crippen LogP contribution in [0, 0.1) is 0 Å². The van der Waals surface area contributed by atoms with Gasteiger partial charge in [0.05, 0.1) is 12.4 Å². The van der Waals surface area contributed by atoms with Crippen LogP contribution in [-0.2, 0) is 0 Å². The van der Waals surface area contributed by atoms with Crippen LogP contribution in [0.5, 0.6) is 0 Å². The Morgan fingerprint density at radius 3 is 2.60 bits per heavy atom. The number of aliphatic imine (C=N–C) groups is 1. The summed E-state index contributed by atoms with van der Waals surface area (Å²) in [6.07, 6.45) is 1.09. The number of halogens is 1. The van der Waals surface area contributed by atoms with E-state index in [1.54, 1.807) is 0 Å². The molecule has 0 N–H and O–H groups in total. The van der Waals surface area contributed by atoms with Crippen molar-refractivity contribution in [2.45, 2.75) is 20.3 Å². The number of nitrogens with zero attached hydrogens (tertiary/aromatic N) is 2. The van der Waals surface area contributed by atoms with Crippen molar-refractivity contribution in [2.24, 2.45) is 4.99 Å². The second kappa shape index (κ2) is 4.72. The van der Waals surface area contributed by atoms with Gasteiger partial charge in [-0.25, -0.2) is 0 Å². The molecule has 1 rings (SSSR count). The molecule has 0 aromatic rings. The number of hydrogen-bond donors (Lipinski definition) is 0. The van der Waals surface area contributed by atoms with E-state index in [2.05, 4.69) is 23.7 Å². The fourth-order valence-electron chi connectivity index (χ4n) is 1.20. The third-order valence-corrected chi connectivity index (χ3v) is 1.73. The molecule has 0 aliphatic carbocycles. The molecule has 0 spiro atoms. The van der Waals surface area contributed by atoms with Crippen LogP contribution in [0.15, 0.2) is 4.99 Å². The zero-order valence-electron chi connectivity index (χ0n) is 6.63. The van der Waals surface area contributed by atoms with Gasteiger partial charge in [-0.1, -0.05) is 6.92 Å². The van der Waals surface area contributed by atoms with Crippen LogP contribution >= 0.6 is 17.0 Å². The van der Waals surface area contributed by atoms with E-state index in [9.17, 15) is 0 Å². The van der Waals surface area contributed by atoms with Gasteiger partial charge in [0.1, 0.15) is 0 Å². The van der Waals surface area contributed by atoms with Gasteiger partial charge >= 0.3 is 0 Å². The maximum Gasteiger partial charge on any atom is 0.0987 e. The van der Waals surface area contributed by atoms with Gasteiger partial charge in [0.15, 0.2) is 0 Å². The largest absolute Gasteiger partial charge is 0.359 e. The molecule has 1 aliphatic heterocycles. The first-order valence-corrected chi connectivity index (χ1v) is 3.66. The maximum atomic E-state index is 4.35. The van der Waals surface area contributed by atoms with Crippen molar-refractivity contribution in [1.82, 2.24) is 4.90 Å². The van der Waals surface area contributed by atoms with Crippen LogP contribution in [0.25, 0.3) is 0 Å². The predicted octanol–water partition coefficient (Wildman–Crippen LogP) is 1.71. The standard InChI is InChI=1S/C7H14N2.BrH/c1-3-7-8-5-6-9(7)4-2;/h3-6H2,1-2H3;1H. The van der Waals surface area contributed by atoms with Gasteiger partial charge in [-0.05, 0) is 6.92 Å². The van der Waals surface area contributed by atoms with Gasteiger partial charge in [-0.3, -0.25) is 4.99 Å². The third kappa shape index (κ3) is 1.97. The Balaban J connectivity index is 0.000000810. The number of hydrogen-bond acceptors (Lipinski definition) is 2. The van der Waals surface area contributed by atoms with E-state index in [0.29, 0.717) is 0 Å². The molecular weight excluding hydrogens is 192 g/mol. The Morgan fingerprint density at radius 1 is 1.50 bits per heavy atom. The van der Waals surface area contributed by atoms with E-state index in [1.807, 2.05) is 0 Å². The molecular formula is C7H15BrN2. The van der Waals surface area contributed by atoms with Crippen molar-refractivity contribution < 1.29 is 0 Å². The minimum Gasteiger partial charge on any atom is -0.359 e. The van der Waals surface area contributed by atoms with Crippen molar-refractivity contribution in [3.63, 3.8) is 0 Å². The lowest BCUT2D eigenvalue weighted by Gasteiger charge is -2.15. The van der Waals surface area contributed by atoms with Crippen molar-refractivity contribution in [3.8, 4) is 0 Å². The van der Waals surface area contributed by atoms with Crippen molar-refractivity contribution in [2.75, 3.05) is 19.6 Å². The number of likely N-dealkylation sites (N-methyl/N-ethyl adjacent to an activating group) is 1. The Bertz CT molecular complexity index is 123. The highest BCUT2D eigenvalue weighted by Gasteiger charge is 2.11. The molecule has 0 saturated heterocycles. The van der Waals surface area contributed by atoms with E-state index in [1.165, 1.54) is 5.84 Å². The van der Waals surface area contributed by atoms with Crippen molar-refractivity contribution >= 4 is 22.8 Å². The molecule has 1 aliphatic rings. The topological polar surface area (TPSA) is 15.6 Å². The summed E-state index contributed by atoms with van der Waals surface area (Å²) in [4.78, 5) is 6.68. The summed E-state index contributed by atoms with van der Waals surface area (Å²) in [6, 6.07) is 0. The van der Waals surface area contributed by atoms with Gasteiger partial charge in [0.2, 0.25) is 0 Å². The molecule has 0 amide bonds. The zero-order valence-corrected chi connectivity index (χ0v) is 8.34. The summed E-state index contributed by atoms with van der Waals surface area (Å²) in [5.41, 5.74) is 0. The maximum absolute atomic E-state index is 4.35. The summed E-state index contributed by atoms with van der Waals surface area (Å²) in [5, 5.41) is 0. The Hall–Kier alpha value is -0.0500. The second-order valence-corrected chi connectivity index (χ2v) is 2.23.